The lowest BCUT2D eigenvalue weighted by molar-refractivity contribution is -0.119. The molecule has 0 amide bonds. The SMILES string of the molecule is CCCC(=O)C[C@H]1Cc2cccc(C(=O)OCCS(C)(=O)=O)c2OB1O. The van der Waals surface area contributed by atoms with Crippen molar-refractivity contribution in [1.82, 2.24) is 0 Å². The Morgan fingerprint density at radius 3 is 2.77 bits per heavy atom. The number of carbonyl (C=O) groups excluding carboxylic acids is 2. The Labute approximate surface area is 153 Å². The van der Waals surface area contributed by atoms with Gasteiger partial charge in [0, 0.05) is 24.9 Å². The minimum Gasteiger partial charge on any atom is -0.535 e. The van der Waals surface area contributed by atoms with Gasteiger partial charge in [0.2, 0.25) is 0 Å². The summed E-state index contributed by atoms with van der Waals surface area (Å²) in [5, 5.41) is 10.2. The van der Waals surface area contributed by atoms with Crippen molar-refractivity contribution in [2.24, 2.45) is 0 Å². The van der Waals surface area contributed by atoms with Crippen LogP contribution in [0.25, 0.3) is 0 Å². The summed E-state index contributed by atoms with van der Waals surface area (Å²) < 4.78 is 32.7. The molecule has 0 spiro atoms. The van der Waals surface area contributed by atoms with E-state index < -0.39 is 22.9 Å². The van der Waals surface area contributed by atoms with Gasteiger partial charge < -0.3 is 14.4 Å². The zero-order chi connectivity index (χ0) is 19.3. The molecule has 1 aliphatic rings. The molecule has 1 aromatic rings. The summed E-state index contributed by atoms with van der Waals surface area (Å²) >= 11 is 0. The summed E-state index contributed by atoms with van der Waals surface area (Å²) in [4.78, 5) is 24.1. The third-order valence-electron chi connectivity index (χ3n) is 4.15. The molecule has 142 valence electrons. The Morgan fingerprint density at radius 2 is 2.12 bits per heavy atom. The second-order valence-electron chi connectivity index (χ2n) is 6.53. The van der Waals surface area contributed by atoms with Crippen LogP contribution in [0.5, 0.6) is 5.75 Å². The molecule has 1 aliphatic heterocycles. The predicted octanol–water partition coefficient (Wildman–Crippen LogP) is 1.43. The molecule has 1 N–H and O–H groups in total. The molecule has 9 heteroatoms. The molecule has 2 rings (SSSR count). The maximum absolute atomic E-state index is 12.2. The minimum absolute atomic E-state index is 0.0694. The Hall–Kier alpha value is -1.87. The van der Waals surface area contributed by atoms with E-state index in [0.717, 1.165) is 12.7 Å². The molecule has 1 heterocycles. The maximum Gasteiger partial charge on any atom is 0.526 e. The van der Waals surface area contributed by atoms with Gasteiger partial charge >= 0.3 is 13.1 Å². The predicted molar refractivity (Wildman–Crippen MR) is 97.0 cm³/mol. The molecule has 1 aromatic carbocycles. The number of benzene rings is 1. The molecule has 7 nitrogen and oxygen atoms in total. The fourth-order valence-corrected chi connectivity index (χ4v) is 3.24. The fraction of sp³-hybridized carbons (Fsp3) is 0.529. The van der Waals surface area contributed by atoms with Crippen molar-refractivity contribution < 1.29 is 32.4 Å². The van der Waals surface area contributed by atoms with Crippen LogP contribution in [0.15, 0.2) is 18.2 Å². The van der Waals surface area contributed by atoms with Crippen LogP contribution in [0.4, 0.5) is 0 Å². The fourth-order valence-electron chi connectivity index (χ4n) is 2.86. The largest absolute Gasteiger partial charge is 0.535 e. The van der Waals surface area contributed by atoms with Crippen molar-refractivity contribution in [2.45, 2.75) is 38.4 Å². The van der Waals surface area contributed by atoms with Crippen LogP contribution in [-0.4, -0.2) is 50.9 Å². The highest BCUT2D eigenvalue weighted by atomic mass is 32.2. The summed E-state index contributed by atoms with van der Waals surface area (Å²) in [5.74, 6) is -1.04. The molecule has 0 aliphatic carbocycles. The average molecular weight is 382 g/mol. The van der Waals surface area contributed by atoms with Gasteiger partial charge in [-0.2, -0.15) is 0 Å². The van der Waals surface area contributed by atoms with Gasteiger partial charge in [0.05, 0.1) is 5.75 Å². The van der Waals surface area contributed by atoms with Crippen molar-refractivity contribution >= 4 is 28.7 Å². The number of esters is 1. The third-order valence-corrected chi connectivity index (χ3v) is 5.05. The molecule has 26 heavy (non-hydrogen) atoms. The normalized spacial score (nSPS) is 16.6. The Balaban J connectivity index is 2.10. The Bertz CT molecular complexity index is 775. The number of ketones is 1. The molecule has 0 fully saturated rings. The number of ether oxygens (including phenoxy) is 1. The van der Waals surface area contributed by atoms with Gasteiger partial charge in [-0.05, 0) is 24.5 Å². The number of sulfone groups is 1. The Morgan fingerprint density at radius 1 is 1.38 bits per heavy atom. The first kappa shape index (κ1) is 20.4. The van der Waals surface area contributed by atoms with E-state index in [1.807, 2.05) is 6.92 Å². The summed E-state index contributed by atoms with van der Waals surface area (Å²) in [6.45, 7) is 1.67. The van der Waals surface area contributed by atoms with Crippen LogP contribution in [-0.2, 0) is 25.8 Å². The van der Waals surface area contributed by atoms with Crippen LogP contribution in [0.2, 0.25) is 5.82 Å². The van der Waals surface area contributed by atoms with Gasteiger partial charge in [-0.1, -0.05) is 19.1 Å². The first-order chi connectivity index (χ1) is 12.2. The summed E-state index contributed by atoms with van der Waals surface area (Å²) in [5.41, 5.74) is 0.843. The van der Waals surface area contributed by atoms with Crippen molar-refractivity contribution in [3.63, 3.8) is 0 Å². The highest BCUT2D eigenvalue weighted by Crippen LogP contribution is 2.36. The highest BCUT2D eigenvalue weighted by Gasteiger charge is 2.37. The maximum atomic E-state index is 12.2. The van der Waals surface area contributed by atoms with Gasteiger partial charge in [-0.15, -0.1) is 0 Å². The van der Waals surface area contributed by atoms with E-state index in [1.165, 1.54) is 6.07 Å². The number of Topliss-reactive ketones (excluding diaryl/α,β-unsaturated/α-hetero) is 1. The number of fused-ring (bicyclic) bond motifs is 1. The smallest absolute Gasteiger partial charge is 0.526 e. The van der Waals surface area contributed by atoms with Gasteiger partial charge in [0.15, 0.2) is 9.84 Å². The van der Waals surface area contributed by atoms with E-state index in [-0.39, 0.29) is 41.7 Å². The van der Waals surface area contributed by atoms with Gasteiger partial charge in [0.1, 0.15) is 23.7 Å². The second kappa shape index (κ2) is 8.68. The lowest BCUT2D eigenvalue weighted by Gasteiger charge is -2.28. The molecule has 0 saturated carbocycles. The van der Waals surface area contributed by atoms with Crippen molar-refractivity contribution in [3.05, 3.63) is 29.3 Å². The number of hydrogen-bond acceptors (Lipinski definition) is 7. The van der Waals surface area contributed by atoms with Crippen LogP contribution in [0.3, 0.4) is 0 Å². The standard InChI is InChI=1S/C17H23BO7S/c1-3-5-14(19)11-13-10-12-6-4-7-15(16(12)25-18(13)21)17(20)24-8-9-26(2,22)23/h4,6-7,13,21H,3,5,8-11H2,1-2H3/t13-/m1/s1. The number of rotatable bonds is 8. The molecular weight excluding hydrogens is 359 g/mol. The van der Waals surface area contributed by atoms with Crippen LogP contribution >= 0.6 is 0 Å². The van der Waals surface area contributed by atoms with Crippen LogP contribution in [0, 0.1) is 0 Å². The topological polar surface area (TPSA) is 107 Å². The molecule has 0 bridgehead atoms. The van der Waals surface area contributed by atoms with E-state index >= 15 is 0 Å². The molecule has 0 saturated heterocycles. The second-order valence-corrected chi connectivity index (χ2v) is 8.78. The van der Waals surface area contributed by atoms with Gasteiger partial charge in [-0.25, -0.2) is 13.2 Å². The van der Waals surface area contributed by atoms with E-state index in [9.17, 15) is 23.0 Å². The monoisotopic (exact) mass is 382 g/mol. The van der Waals surface area contributed by atoms with Crippen molar-refractivity contribution in [2.75, 3.05) is 18.6 Å². The van der Waals surface area contributed by atoms with E-state index in [2.05, 4.69) is 0 Å². The zero-order valence-electron chi connectivity index (χ0n) is 14.9. The lowest BCUT2D eigenvalue weighted by atomic mass is 9.64. The lowest BCUT2D eigenvalue weighted by Crippen LogP contribution is -2.36. The summed E-state index contributed by atoms with van der Waals surface area (Å²) in [7, 11) is -4.42. The van der Waals surface area contributed by atoms with Crippen LogP contribution < -0.4 is 4.65 Å². The van der Waals surface area contributed by atoms with Crippen molar-refractivity contribution in [3.8, 4) is 5.75 Å². The average Bonchev–Trinajstić information content (AvgIpc) is 2.54. The first-order valence-corrected chi connectivity index (χ1v) is 10.6. The number of hydrogen-bond donors (Lipinski definition) is 1. The quantitative estimate of drug-likeness (QED) is 0.535. The van der Waals surface area contributed by atoms with Gasteiger partial charge in [0.25, 0.3) is 0 Å². The third kappa shape index (κ3) is 5.57. The first-order valence-electron chi connectivity index (χ1n) is 8.54. The van der Waals surface area contributed by atoms with Gasteiger partial charge in [-0.3, -0.25) is 4.79 Å². The van der Waals surface area contributed by atoms with E-state index in [4.69, 9.17) is 9.39 Å². The zero-order valence-corrected chi connectivity index (χ0v) is 15.8. The van der Waals surface area contributed by atoms with E-state index in [1.54, 1.807) is 12.1 Å². The number of para-hydroxylation sites is 1. The Kier molecular flexibility index (Phi) is 6.83. The highest BCUT2D eigenvalue weighted by molar-refractivity contribution is 7.90. The number of carbonyl (C=O) groups is 2. The van der Waals surface area contributed by atoms with Crippen molar-refractivity contribution in [1.29, 1.82) is 0 Å². The molecule has 0 aromatic heterocycles. The summed E-state index contributed by atoms with van der Waals surface area (Å²) in [6, 6.07) is 4.93. The molecule has 1 atom stereocenters. The molecule has 0 unspecified atom stereocenters. The van der Waals surface area contributed by atoms with Crippen LogP contribution in [0.1, 0.15) is 42.1 Å². The van der Waals surface area contributed by atoms with E-state index in [0.29, 0.717) is 18.4 Å². The molecule has 0 radical (unpaired) electrons. The minimum atomic E-state index is -3.23. The summed E-state index contributed by atoms with van der Waals surface area (Å²) in [6.07, 6.45) is 2.91. The molecular formula is C17H23BO7S.